The highest BCUT2D eigenvalue weighted by molar-refractivity contribution is 6.19. The lowest BCUT2D eigenvalue weighted by Gasteiger charge is -2.34. The number of aromatic nitrogens is 4. The van der Waals surface area contributed by atoms with Gasteiger partial charge in [0.25, 0.3) is 0 Å². The van der Waals surface area contributed by atoms with Gasteiger partial charge in [0.05, 0.1) is 33.0 Å². The standard InChI is InChI=1S/C47H30N4/c1-4-16-31(17-5-1)47(32-18-6-2-7-19-32)39-24-12-10-22-34(39)36-28-29-37-44(43(36)47)48-30-38-35-23-11-14-26-41(35)51(45(37)38)46-49-40-25-13-15-27-42(40)50(46)33-20-8-3-9-21-33/h1-30H. The molecule has 0 saturated heterocycles. The molecule has 0 bridgehead atoms. The Bertz CT molecular complexity index is 2920. The molecule has 51 heavy (non-hydrogen) atoms. The Morgan fingerprint density at radius 3 is 1.84 bits per heavy atom. The third kappa shape index (κ3) is 3.73. The SMILES string of the molecule is c1ccc(-n2c(-n3c4ccccc4c4cnc5c6c(ccc5c43)-c3ccccc3C6(c3ccccc3)c3ccccc3)nc3ccccc32)cc1. The van der Waals surface area contributed by atoms with Gasteiger partial charge in [0, 0.05) is 33.6 Å². The number of imidazole rings is 1. The van der Waals surface area contributed by atoms with Crippen molar-refractivity contribution < 1.29 is 0 Å². The van der Waals surface area contributed by atoms with Crippen molar-refractivity contribution in [1.82, 2.24) is 19.1 Å². The Kier molecular flexibility index (Phi) is 5.84. The Balaban J connectivity index is 1.33. The minimum absolute atomic E-state index is 0.567. The summed E-state index contributed by atoms with van der Waals surface area (Å²) in [6, 6.07) is 63.1. The zero-order chi connectivity index (χ0) is 33.5. The minimum atomic E-state index is -0.567. The third-order valence-electron chi connectivity index (χ3n) is 10.8. The van der Waals surface area contributed by atoms with Gasteiger partial charge in [-0.1, -0.05) is 146 Å². The molecule has 0 saturated carbocycles. The summed E-state index contributed by atoms with van der Waals surface area (Å²) in [6.45, 7) is 0. The maximum Gasteiger partial charge on any atom is 0.220 e. The van der Waals surface area contributed by atoms with Gasteiger partial charge in [0.15, 0.2) is 0 Å². The number of hydrogen-bond acceptors (Lipinski definition) is 2. The molecule has 0 aliphatic heterocycles. The predicted molar refractivity (Wildman–Crippen MR) is 208 cm³/mol. The number of para-hydroxylation sites is 4. The molecular formula is C47H30N4. The molecule has 3 aromatic heterocycles. The fourth-order valence-electron chi connectivity index (χ4n) is 8.84. The summed E-state index contributed by atoms with van der Waals surface area (Å²) in [6.07, 6.45) is 2.09. The van der Waals surface area contributed by atoms with E-state index in [-0.39, 0.29) is 0 Å². The van der Waals surface area contributed by atoms with Gasteiger partial charge in [-0.3, -0.25) is 14.1 Å². The van der Waals surface area contributed by atoms with E-state index in [9.17, 15) is 0 Å². The van der Waals surface area contributed by atoms with Gasteiger partial charge >= 0.3 is 0 Å². The van der Waals surface area contributed by atoms with Gasteiger partial charge in [0.2, 0.25) is 5.95 Å². The number of fused-ring (bicyclic) bond motifs is 10. The summed E-state index contributed by atoms with van der Waals surface area (Å²) >= 11 is 0. The fourth-order valence-corrected chi connectivity index (χ4v) is 8.84. The number of benzene rings is 7. The van der Waals surface area contributed by atoms with Gasteiger partial charge in [-0.05, 0) is 58.1 Å². The van der Waals surface area contributed by atoms with Crippen molar-refractivity contribution in [3.8, 4) is 22.8 Å². The van der Waals surface area contributed by atoms with Crippen LogP contribution >= 0.6 is 0 Å². The van der Waals surface area contributed by atoms with Crippen LogP contribution in [0.25, 0.3) is 66.5 Å². The molecule has 0 amide bonds. The van der Waals surface area contributed by atoms with Crippen LogP contribution < -0.4 is 0 Å². The largest absolute Gasteiger partial charge is 0.278 e. The fraction of sp³-hybridized carbons (Fsp3) is 0.0213. The van der Waals surface area contributed by atoms with E-state index in [1.165, 1.54) is 33.4 Å². The Morgan fingerprint density at radius 2 is 1.08 bits per heavy atom. The first-order chi connectivity index (χ1) is 25.3. The second-order valence-corrected chi connectivity index (χ2v) is 13.4. The molecule has 1 aliphatic carbocycles. The van der Waals surface area contributed by atoms with Crippen LogP contribution in [0.5, 0.6) is 0 Å². The Labute approximate surface area is 294 Å². The number of rotatable bonds is 4. The summed E-state index contributed by atoms with van der Waals surface area (Å²) in [4.78, 5) is 10.8. The van der Waals surface area contributed by atoms with Gasteiger partial charge < -0.3 is 0 Å². The van der Waals surface area contributed by atoms with Crippen LogP contribution in [-0.2, 0) is 5.41 Å². The first-order valence-corrected chi connectivity index (χ1v) is 17.4. The average molecular weight is 651 g/mol. The van der Waals surface area contributed by atoms with Crippen LogP contribution in [0, 0.1) is 0 Å². The molecule has 3 heterocycles. The van der Waals surface area contributed by atoms with E-state index < -0.39 is 5.41 Å². The molecule has 0 N–H and O–H groups in total. The van der Waals surface area contributed by atoms with Crippen molar-refractivity contribution in [1.29, 1.82) is 0 Å². The molecule has 238 valence electrons. The van der Waals surface area contributed by atoms with Crippen LogP contribution in [-0.4, -0.2) is 19.1 Å². The summed E-state index contributed by atoms with van der Waals surface area (Å²) < 4.78 is 4.65. The third-order valence-corrected chi connectivity index (χ3v) is 10.8. The van der Waals surface area contributed by atoms with Crippen molar-refractivity contribution >= 4 is 43.7 Å². The number of hydrogen-bond donors (Lipinski definition) is 0. The first-order valence-electron chi connectivity index (χ1n) is 17.4. The lowest BCUT2D eigenvalue weighted by Crippen LogP contribution is -2.29. The highest BCUT2D eigenvalue weighted by Crippen LogP contribution is 2.58. The lowest BCUT2D eigenvalue weighted by atomic mass is 9.67. The molecular weight excluding hydrogens is 621 g/mol. The number of pyridine rings is 1. The minimum Gasteiger partial charge on any atom is -0.278 e. The molecule has 0 fully saturated rings. The Morgan fingerprint density at radius 1 is 0.451 bits per heavy atom. The maximum absolute atomic E-state index is 5.45. The zero-order valence-corrected chi connectivity index (χ0v) is 27.6. The molecule has 0 spiro atoms. The highest BCUT2D eigenvalue weighted by atomic mass is 15.2. The quantitative estimate of drug-likeness (QED) is 0.190. The van der Waals surface area contributed by atoms with Crippen molar-refractivity contribution in [2.24, 2.45) is 0 Å². The second-order valence-electron chi connectivity index (χ2n) is 13.4. The molecule has 7 aromatic carbocycles. The molecule has 10 aromatic rings. The maximum atomic E-state index is 5.45. The van der Waals surface area contributed by atoms with Crippen LogP contribution in [0.3, 0.4) is 0 Å². The van der Waals surface area contributed by atoms with E-state index in [1.54, 1.807) is 0 Å². The van der Waals surface area contributed by atoms with Crippen LogP contribution in [0.4, 0.5) is 0 Å². The zero-order valence-electron chi connectivity index (χ0n) is 27.6. The van der Waals surface area contributed by atoms with E-state index in [4.69, 9.17) is 9.97 Å². The summed E-state index contributed by atoms with van der Waals surface area (Å²) in [7, 11) is 0. The van der Waals surface area contributed by atoms with E-state index in [0.29, 0.717) is 0 Å². The number of nitrogens with zero attached hydrogens (tertiary/aromatic N) is 4. The van der Waals surface area contributed by atoms with Crippen LogP contribution in [0.2, 0.25) is 0 Å². The predicted octanol–water partition coefficient (Wildman–Crippen LogP) is 11.0. The molecule has 4 heteroatoms. The highest BCUT2D eigenvalue weighted by Gasteiger charge is 2.47. The van der Waals surface area contributed by atoms with Crippen LogP contribution in [0.15, 0.2) is 182 Å². The van der Waals surface area contributed by atoms with E-state index in [0.717, 1.165) is 55.4 Å². The van der Waals surface area contributed by atoms with Crippen LogP contribution in [0.1, 0.15) is 22.3 Å². The molecule has 0 atom stereocenters. The molecule has 11 rings (SSSR count). The Hall–Kier alpha value is -6.78. The molecule has 0 unspecified atom stereocenters. The van der Waals surface area contributed by atoms with E-state index in [2.05, 4.69) is 191 Å². The molecule has 4 nitrogen and oxygen atoms in total. The van der Waals surface area contributed by atoms with Crippen molar-refractivity contribution in [2.45, 2.75) is 5.41 Å². The van der Waals surface area contributed by atoms with Gasteiger partial charge in [-0.25, -0.2) is 4.98 Å². The van der Waals surface area contributed by atoms with Crippen molar-refractivity contribution in [2.75, 3.05) is 0 Å². The van der Waals surface area contributed by atoms with Crippen molar-refractivity contribution in [3.05, 3.63) is 204 Å². The topological polar surface area (TPSA) is 35.6 Å². The second kappa shape index (κ2) is 10.6. The van der Waals surface area contributed by atoms with Gasteiger partial charge in [0.1, 0.15) is 0 Å². The van der Waals surface area contributed by atoms with E-state index >= 15 is 0 Å². The monoisotopic (exact) mass is 650 g/mol. The lowest BCUT2D eigenvalue weighted by molar-refractivity contribution is 0.773. The smallest absolute Gasteiger partial charge is 0.220 e. The van der Waals surface area contributed by atoms with Crippen molar-refractivity contribution in [3.63, 3.8) is 0 Å². The van der Waals surface area contributed by atoms with E-state index in [1.807, 2.05) is 0 Å². The molecule has 0 radical (unpaired) electrons. The summed E-state index contributed by atoms with van der Waals surface area (Å²) in [5, 5.41) is 3.35. The van der Waals surface area contributed by atoms with Gasteiger partial charge in [-0.15, -0.1) is 0 Å². The average Bonchev–Trinajstić information content (AvgIpc) is 3.85. The van der Waals surface area contributed by atoms with Gasteiger partial charge in [-0.2, -0.15) is 0 Å². The summed E-state index contributed by atoms with van der Waals surface area (Å²) in [5.74, 6) is 0.849. The first kappa shape index (κ1) is 28.1. The molecule has 1 aliphatic rings. The summed E-state index contributed by atoms with van der Waals surface area (Å²) in [5.41, 5.74) is 13.1. The normalized spacial score (nSPS) is 13.3.